The maximum absolute atomic E-state index is 12.9. The zero-order valence-electron chi connectivity index (χ0n) is 15.3. The third-order valence-corrected chi connectivity index (χ3v) is 4.48. The topological polar surface area (TPSA) is 49.3 Å². The van der Waals surface area contributed by atoms with Gasteiger partial charge in [0.1, 0.15) is 17.3 Å². The number of hydrogen-bond acceptors (Lipinski definition) is 4. The highest BCUT2D eigenvalue weighted by atomic mass is 16.2. The van der Waals surface area contributed by atoms with Gasteiger partial charge >= 0.3 is 0 Å². The summed E-state index contributed by atoms with van der Waals surface area (Å²) in [7, 11) is 0. The molecule has 1 aliphatic heterocycles. The molecule has 2 aromatic rings. The second kappa shape index (κ2) is 7.64. The van der Waals surface area contributed by atoms with Crippen molar-refractivity contribution in [1.82, 2.24) is 14.9 Å². The Hall–Kier alpha value is -2.43. The van der Waals surface area contributed by atoms with Gasteiger partial charge in [0.2, 0.25) is 0 Å². The number of para-hydroxylation sites is 1. The summed E-state index contributed by atoms with van der Waals surface area (Å²) < 4.78 is 0. The molecule has 0 N–H and O–H groups in total. The normalized spacial score (nSPS) is 13.0. The highest BCUT2D eigenvalue weighted by Gasteiger charge is 2.24. The molecule has 5 nitrogen and oxygen atoms in total. The second-order valence-corrected chi connectivity index (χ2v) is 6.48. The van der Waals surface area contributed by atoms with Crippen LogP contribution in [0.15, 0.2) is 30.3 Å². The number of rotatable bonds is 6. The lowest BCUT2D eigenvalue weighted by molar-refractivity contribution is 0.0749. The molecule has 0 atom stereocenters. The molecule has 1 aromatic heterocycles. The molecule has 1 amide bonds. The van der Waals surface area contributed by atoms with Gasteiger partial charge in [0, 0.05) is 31.4 Å². The molecule has 0 fully saturated rings. The largest absolute Gasteiger partial charge is 0.337 e. The number of aryl methyl sites for hydroxylation is 1. The number of anilines is 2. The van der Waals surface area contributed by atoms with Crippen molar-refractivity contribution in [2.24, 2.45) is 0 Å². The second-order valence-electron chi connectivity index (χ2n) is 6.48. The van der Waals surface area contributed by atoms with E-state index in [0.29, 0.717) is 11.5 Å². The van der Waals surface area contributed by atoms with Crippen LogP contribution >= 0.6 is 0 Å². The van der Waals surface area contributed by atoms with Crippen molar-refractivity contribution < 1.29 is 4.79 Å². The summed E-state index contributed by atoms with van der Waals surface area (Å²) in [5, 5.41) is 0. The SMILES string of the molecule is CCCN(CCC)C(=O)c1cc(N2CCc3ccccc32)nc(C)n1. The van der Waals surface area contributed by atoms with E-state index in [1.165, 1.54) is 11.3 Å². The zero-order chi connectivity index (χ0) is 17.8. The van der Waals surface area contributed by atoms with Crippen molar-refractivity contribution in [3.63, 3.8) is 0 Å². The summed E-state index contributed by atoms with van der Waals surface area (Å²) in [5.74, 6) is 1.45. The van der Waals surface area contributed by atoms with Gasteiger partial charge in [-0.3, -0.25) is 4.79 Å². The van der Waals surface area contributed by atoms with Crippen molar-refractivity contribution >= 4 is 17.4 Å². The van der Waals surface area contributed by atoms with Crippen LogP contribution in [0.1, 0.15) is 48.6 Å². The highest BCUT2D eigenvalue weighted by molar-refractivity contribution is 5.93. The number of nitrogens with zero attached hydrogens (tertiary/aromatic N) is 4. The zero-order valence-corrected chi connectivity index (χ0v) is 15.3. The summed E-state index contributed by atoms with van der Waals surface area (Å²) in [4.78, 5) is 26.0. The molecule has 0 radical (unpaired) electrons. The first-order chi connectivity index (χ1) is 12.1. The number of aromatic nitrogens is 2. The third-order valence-electron chi connectivity index (χ3n) is 4.48. The first kappa shape index (κ1) is 17.4. The van der Waals surface area contributed by atoms with Crippen molar-refractivity contribution in [3.8, 4) is 0 Å². The van der Waals surface area contributed by atoms with Gasteiger partial charge < -0.3 is 9.80 Å². The lowest BCUT2D eigenvalue weighted by atomic mass is 10.2. The van der Waals surface area contributed by atoms with E-state index in [-0.39, 0.29) is 5.91 Å². The van der Waals surface area contributed by atoms with Gasteiger partial charge in [0.15, 0.2) is 0 Å². The predicted molar refractivity (Wildman–Crippen MR) is 100 cm³/mol. The number of benzene rings is 1. The van der Waals surface area contributed by atoms with Crippen molar-refractivity contribution in [2.75, 3.05) is 24.5 Å². The fraction of sp³-hybridized carbons (Fsp3) is 0.450. The van der Waals surface area contributed by atoms with E-state index in [4.69, 9.17) is 0 Å². The summed E-state index contributed by atoms with van der Waals surface area (Å²) in [6.45, 7) is 8.44. The average Bonchev–Trinajstić information content (AvgIpc) is 3.04. The number of amides is 1. The van der Waals surface area contributed by atoms with E-state index in [2.05, 4.69) is 46.9 Å². The Bertz CT molecular complexity index is 753. The first-order valence-electron chi connectivity index (χ1n) is 9.14. The maximum atomic E-state index is 12.9. The van der Waals surface area contributed by atoms with Crippen LogP contribution in [-0.4, -0.2) is 40.4 Å². The Balaban J connectivity index is 1.92. The number of carbonyl (C=O) groups is 1. The van der Waals surface area contributed by atoms with Gasteiger partial charge in [-0.15, -0.1) is 0 Å². The third kappa shape index (κ3) is 3.65. The summed E-state index contributed by atoms with van der Waals surface area (Å²) in [5.41, 5.74) is 3.00. The average molecular weight is 338 g/mol. The molecule has 0 unspecified atom stereocenters. The fourth-order valence-electron chi connectivity index (χ4n) is 3.39. The molecule has 1 aliphatic rings. The Morgan fingerprint density at radius 2 is 1.88 bits per heavy atom. The number of fused-ring (bicyclic) bond motifs is 1. The van der Waals surface area contributed by atoms with Gasteiger partial charge in [-0.2, -0.15) is 0 Å². The predicted octanol–water partition coefficient (Wildman–Crippen LogP) is 3.74. The Kier molecular flexibility index (Phi) is 5.31. The van der Waals surface area contributed by atoms with Gasteiger partial charge in [-0.05, 0) is 37.8 Å². The number of hydrogen-bond donors (Lipinski definition) is 0. The molecular weight excluding hydrogens is 312 g/mol. The molecule has 0 aliphatic carbocycles. The quantitative estimate of drug-likeness (QED) is 0.805. The van der Waals surface area contributed by atoms with Crippen LogP contribution in [-0.2, 0) is 6.42 Å². The van der Waals surface area contributed by atoms with E-state index in [0.717, 1.165) is 44.7 Å². The van der Waals surface area contributed by atoms with Gasteiger partial charge in [0.05, 0.1) is 0 Å². The standard InChI is InChI=1S/C20H26N4O/c1-4-11-23(12-5-2)20(25)17-14-19(22-15(3)21-17)24-13-10-16-8-6-7-9-18(16)24/h6-9,14H,4-5,10-13H2,1-3H3. The molecule has 5 heteroatoms. The van der Waals surface area contributed by atoms with Crippen LogP contribution in [0.5, 0.6) is 0 Å². The molecule has 0 bridgehead atoms. The van der Waals surface area contributed by atoms with Gasteiger partial charge in [-0.1, -0.05) is 32.0 Å². The molecule has 0 saturated carbocycles. The number of carbonyl (C=O) groups excluding carboxylic acids is 1. The minimum Gasteiger partial charge on any atom is -0.337 e. The van der Waals surface area contributed by atoms with Gasteiger partial charge in [0.25, 0.3) is 5.91 Å². The molecule has 3 rings (SSSR count). The molecular formula is C20H26N4O. The van der Waals surface area contributed by atoms with Crippen LogP contribution in [0.25, 0.3) is 0 Å². The van der Waals surface area contributed by atoms with Crippen LogP contribution in [0.3, 0.4) is 0 Å². The van der Waals surface area contributed by atoms with E-state index < -0.39 is 0 Å². The van der Waals surface area contributed by atoms with Crippen molar-refractivity contribution in [1.29, 1.82) is 0 Å². The maximum Gasteiger partial charge on any atom is 0.272 e. The smallest absolute Gasteiger partial charge is 0.272 e. The lowest BCUT2D eigenvalue weighted by Gasteiger charge is -2.23. The van der Waals surface area contributed by atoms with Crippen LogP contribution in [0.2, 0.25) is 0 Å². The highest BCUT2D eigenvalue weighted by Crippen LogP contribution is 2.33. The molecule has 132 valence electrons. The minimum atomic E-state index is 0.00271. The summed E-state index contributed by atoms with van der Waals surface area (Å²) >= 11 is 0. The monoisotopic (exact) mass is 338 g/mol. The first-order valence-corrected chi connectivity index (χ1v) is 9.14. The van der Waals surface area contributed by atoms with E-state index in [1.807, 2.05) is 24.0 Å². The molecule has 0 saturated heterocycles. The van der Waals surface area contributed by atoms with Crippen LogP contribution in [0, 0.1) is 6.92 Å². The van der Waals surface area contributed by atoms with E-state index >= 15 is 0 Å². The van der Waals surface area contributed by atoms with E-state index in [1.54, 1.807) is 0 Å². The Labute approximate surface area is 149 Å². The van der Waals surface area contributed by atoms with Crippen LogP contribution in [0.4, 0.5) is 11.5 Å². The minimum absolute atomic E-state index is 0.00271. The van der Waals surface area contributed by atoms with Crippen molar-refractivity contribution in [2.45, 2.75) is 40.0 Å². The summed E-state index contributed by atoms with van der Waals surface area (Å²) in [6.07, 6.45) is 2.89. The summed E-state index contributed by atoms with van der Waals surface area (Å²) in [6, 6.07) is 10.2. The Morgan fingerprint density at radius 3 is 2.60 bits per heavy atom. The van der Waals surface area contributed by atoms with Crippen LogP contribution < -0.4 is 4.90 Å². The molecule has 25 heavy (non-hydrogen) atoms. The Morgan fingerprint density at radius 1 is 1.16 bits per heavy atom. The van der Waals surface area contributed by atoms with E-state index in [9.17, 15) is 4.79 Å². The molecule has 1 aromatic carbocycles. The molecule has 2 heterocycles. The van der Waals surface area contributed by atoms with Crippen molar-refractivity contribution in [3.05, 3.63) is 47.4 Å². The molecule has 0 spiro atoms. The fourth-order valence-corrected chi connectivity index (χ4v) is 3.39. The lowest BCUT2D eigenvalue weighted by Crippen LogP contribution is -2.33. The van der Waals surface area contributed by atoms with Gasteiger partial charge in [-0.25, -0.2) is 9.97 Å².